The van der Waals surface area contributed by atoms with E-state index in [-0.39, 0.29) is 5.78 Å². The van der Waals surface area contributed by atoms with Crippen LogP contribution in [0, 0.1) is 0 Å². The van der Waals surface area contributed by atoms with Gasteiger partial charge in [0.05, 0.1) is 10.0 Å². The molecule has 2 aromatic rings. The van der Waals surface area contributed by atoms with Crippen LogP contribution in [0.5, 0.6) is 0 Å². The zero-order valence-electron chi connectivity index (χ0n) is 9.02. The second-order valence-electron chi connectivity index (χ2n) is 3.47. The van der Waals surface area contributed by atoms with Crippen LogP contribution in [0.3, 0.4) is 0 Å². The van der Waals surface area contributed by atoms with Crippen molar-refractivity contribution in [3.63, 3.8) is 0 Å². The molecule has 88 valence electrons. The minimum atomic E-state index is -0.143. The van der Waals surface area contributed by atoms with Crippen LogP contribution in [0.25, 0.3) is 0 Å². The first-order valence-electron chi connectivity index (χ1n) is 5.16. The van der Waals surface area contributed by atoms with E-state index in [9.17, 15) is 4.79 Å². The Labute approximate surface area is 108 Å². The van der Waals surface area contributed by atoms with Crippen molar-refractivity contribution in [3.8, 4) is 0 Å². The van der Waals surface area contributed by atoms with E-state index < -0.39 is 0 Å². The number of hydrogen-bond acceptors (Lipinski definition) is 4. The molecule has 1 aromatic heterocycles. The van der Waals surface area contributed by atoms with Crippen LogP contribution in [-0.2, 0) is 6.42 Å². The molecule has 0 bridgehead atoms. The van der Waals surface area contributed by atoms with Gasteiger partial charge in [0.25, 0.3) is 0 Å². The third kappa shape index (κ3) is 2.72. The maximum atomic E-state index is 12.1. The van der Waals surface area contributed by atoms with Crippen molar-refractivity contribution in [2.24, 2.45) is 5.73 Å². The number of nitrogens with two attached hydrogens (primary N) is 1. The van der Waals surface area contributed by atoms with Gasteiger partial charge in [-0.15, -0.1) is 11.3 Å². The number of hydrogen-bond donors (Lipinski definition) is 1. The number of rotatable bonds is 4. The number of ketones is 1. The van der Waals surface area contributed by atoms with Crippen LogP contribution in [-0.4, -0.2) is 17.3 Å². The van der Waals surface area contributed by atoms with Crippen molar-refractivity contribution >= 4 is 28.7 Å². The van der Waals surface area contributed by atoms with Gasteiger partial charge in [0, 0.05) is 17.4 Å². The molecule has 0 fully saturated rings. The van der Waals surface area contributed by atoms with Crippen molar-refractivity contribution < 1.29 is 4.79 Å². The first kappa shape index (κ1) is 12.2. The lowest BCUT2D eigenvalue weighted by Crippen LogP contribution is -2.05. The summed E-state index contributed by atoms with van der Waals surface area (Å²) in [5.41, 5.74) is 6.36. The summed E-state index contributed by atoms with van der Waals surface area (Å²) in [4.78, 5) is 16.4. The monoisotopic (exact) mass is 266 g/mol. The Morgan fingerprint density at radius 2 is 2.18 bits per heavy atom. The first-order chi connectivity index (χ1) is 8.22. The summed E-state index contributed by atoms with van der Waals surface area (Å²) in [6.45, 7) is 0.535. The Kier molecular flexibility index (Phi) is 3.89. The molecule has 0 unspecified atom stereocenters. The fraction of sp³-hybridized carbons (Fsp3) is 0.167. The number of thiazole rings is 1. The van der Waals surface area contributed by atoms with E-state index in [0.29, 0.717) is 29.2 Å². The predicted octanol–water partition coefficient (Wildman–Crippen LogP) is 2.53. The van der Waals surface area contributed by atoms with Gasteiger partial charge in [-0.1, -0.05) is 23.7 Å². The fourth-order valence-electron chi connectivity index (χ4n) is 1.44. The molecule has 0 aliphatic rings. The molecule has 0 aliphatic heterocycles. The van der Waals surface area contributed by atoms with E-state index in [4.69, 9.17) is 17.3 Å². The quantitative estimate of drug-likeness (QED) is 0.865. The molecular formula is C12H11ClN2OS. The lowest BCUT2D eigenvalue weighted by atomic mass is 10.1. The van der Waals surface area contributed by atoms with Gasteiger partial charge in [-0.05, 0) is 18.7 Å². The van der Waals surface area contributed by atoms with Crippen molar-refractivity contribution in [2.45, 2.75) is 6.42 Å². The third-order valence-electron chi connectivity index (χ3n) is 2.26. The van der Waals surface area contributed by atoms with Crippen molar-refractivity contribution in [1.82, 2.24) is 4.98 Å². The summed E-state index contributed by atoms with van der Waals surface area (Å²) in [5.74, 6) is -0.143. The smallest absolute Gasteiger partial charge is 0.213 e. The topological polar surface area (TPSA) is 56.0 Å². The Bertz CT molecular complexity index is 539. The summed E-state index contributed by atoms with van der Waals surface area (Å²) in [6, 6.07) is 6.97. The van der Waals surface area contributed by atoms with Crippen LogP contribution < -0.4 is 5.73 Å². The van der Waals surface area contributed by atoms with E-state index >= 15 is 0 Å². The van der Waals surface area contributed by atoms with Gasteiger partial charge in [-0.2, -0.15) is 0 Å². The third-order valence-corrected chi connectivity index (χ3v) is 3.50. The Morgan fingerprint density at radius 3 is 2.88 bits per heavy atom. The molecule has 5 heteroatoms. The lowest BCUT2D eigenvalue weighted by molar-refractivity contribution is 0.103. The molecular weight excluding hydrogens is 256 g/mol. The summed E-state index contributed by atoms with van der Waals surface area (Å²) in [6.07, 6.45) is 0.695. The number of benzene rings is 1. The molecule has 0 aliphatic carbocycles. The molecule has 3 nitrogen and oxygen atoms in total. The van der Waals surface area contributed by atoms with Crippen molar-refractivity contribution in [3.05, 3.63) is 50.9 Å². The number of carbonyl (C=O) groups is 1. The fourth-order valence-corrected chi connectivity index (χ4v) is 2.45. The minimum Gasteiger partial charge on any atom is -0.330 e. The normalized spacial score (nSPS) is 10.5. The number of halogens is 1. The van der Waals surface area contributed by atoms with Gasteiger partial charge < -0.3 is 5.73 Å². The molecule has 2 rings (SSSR count). The molecule has 1 aromatic carbocycles. The zero-order valence-corrected chi connectivity index (χ0v) is 10.6. The van der Waals surface area contributed by atoms with Gasteiger partial charge in [0.2, 0.25) is 5.78 Å². The van der Waals surface area contributed by atoms with Crippen molar-refractivity contribution in [2.75, 3.05) is 6.54 Å². The number of carbonyl (C=O) groups excluding carboxylic acids is 1. The van der Waals surface area contributed by atoms with Gasteiger partial charge in [0.1, 0.15) is 5.69 Å². The predicted molar refractivity (Wildman–Crippen MR) is 69.8 cm³/mol. The maximum Gasteiger partial charge on any atom is 0.213 e. The van der Waals surface area contributed by atoms with Crippen LogP contribution in [0.1, 0.15) is 21.1 Å². The summed E-state index contributed by atoms with van der Waals surface area (Å²) in [5, 5.41) is 3.07. The summed E-state index contributed by atoms with van der Waals surface area (Å²) < 4.78 is 0. The highest BCUT2D eigenvalue weighted by atomic mass is 35.5. The van der Waals surface area contributed by atoms with Crippen LogP contribution in [0.4, 0.5) is 0 Å². The Hall–Kier alpha value is -1.23. The molecule has 0 saturated heterocycles. The second kappa shape index (κ2) is 5.40. The van der Waals surface area contributed by atoms with Gasteiger partial charge in [-0.3, -0.25) is 4.79 Å². The number of nitrogens with zero attached hydrogens (tertiary/aromatic N) is 1. The minimum absolute atomic E-state index is 0.143. The zero-order chi connectivity index (χ0) is 12.3. The maximum absolute atomic E-state index is 12.1. The highest BCUT2D eigenvalue weighted by Gasteiger charge is 2.15. The van der Waals surface area contributed by atoms with Gasteiger partial charge in [0.15, 0.2) is 0 Å². The van der Waals surface area contributed by atoms with E-state index in [2.05, 4.69) is 4.98 Å². The highest BCUT2D eigenvalue weighted by Crippen LogP contribution is 2.20. The molecule has 0 atom stereocenters. The Balaban J connectivity index is 2.28. The molecule has 0 spiro atoms. The molecule has 0 radical (unpaired) electrons. The van der Waals surface area contributed by atoms with Crippen LogP contribution in [0.2, 0.25) is 5.02 Å². The molecule has 2 N–H and O–H groups in total. The standard InChI is InChI=1S/C12H11ClN2OS/c13-9-4-2-1-3-8(9)12(16)10-7-17-11(15-10)5-6-14/h1-4,7H,5-6,14H2. The van der Waals surface area contributed by atoms with Crippen LogP contribution in [0.15, 0.2) is 29.6 Å². The second-order valence-corrected chi connectivity index (χ2v) is 4.82. The van der Waals surface area contributed by atoms with E-state index in [1.807, 2.05) is 0 Å². The molecule has 17 heavy (non-hydrogen) atoms. The first-order valence-corrected chi connectivity index (χ1v) is 6.42. The summed E-state index contributed by atoms with van der Waals surface area (Å²) >= 11 is 7.42. The van der Waals surface area contributed by atoms with Crippen molar-refractivity contribution in [1.29, 1.82) is 0 Å². The highest BCUT2D eigenvalue weighted by molar-refractivity contribution is 7.09. The van der Waals surface area contributed by atoms with E-state index in [1.165, 1.54) is 11.3 Å². The van der Waals surface area contributed by atoms with E-state index in [0.717, 1.165) is 5.01 Å². The van der Waals surface area contributed by atoms with E-state index in [1.54, 1.807) is 29.6 Å². The molecule has 1 heterocycles. The average Bonchev–Trinajstić information content (AvgIpc) is 2.78. The SMILES string of the molecule is NCCc1nc(C(=O)c2ccccc2Cl)cs1. The summed E-state index contributed by atoms with van der Waals surface area (Å²) in [7, 11) is 0. The van der Waals surface area contributed by atoms with Gasteiger partial charge in [-0.25, -0.2) is 4.98 Å². The average molecular weight is 267 g/mol. The number of aromatic nitrogens is 1. The molecule has 0 saturated carbocycles. The van der Waals surface area contributed by atoms with Gasteiger partial charge >= 0.3 is 0 Å². The Morgan fingerprint density at radius 1 is 1.41 bits per heavy atom. The molecule has 0 amide bonds. The lowest BCUT2D eigenvalue weighted by Gasteiger charge is -1.99. The largest absolute Gasteiger partial charge is 0.330 e. The van der Waals surface area contributed by atoms with Crippen LogP contribution >= 0.6 is 22.9 Å².